The van der Waals surface area contributed by atoms with E-state index in [-0.39, 0.29) is 15.9 Å². The fourth-order valence-corrected chi connectivity index (χ4v) is 4.50. The maximum atomic E-state index is 12.6. The fourth-order valence-electron chi connectivity index (χ4n) is 2.81. The van der Waals surface area contributed by atoms with Crippen LogP contribution in [0.2, 0.25) is 0 Å². The van der Waals surface area contributed by atoms with Crippen LogP contribution in [0.15, 0.2) is 53.2 Å². The van der Waals surface area contributed by atoms with Crippen LogP contribution in [-0.2, 0) is 21.2 Å². The van der Waals surface area contributed by atoms with Gasteiger partial charge in [0.15, 0.2) is 11.5 Å². The van der Waals surface area contributed by atoms with Crippen molar-refractivity contribution in [2.75, 3.05) is 12.4 Å². The van der Waals surface area contributed by atoms with Crippen LogP contribution in [0.5, 0.6) is 11.5 Å². The first kappa shape index (κ1) is 25.9. The van der Waals surface area contributed by atoms with Gasteiger partial charge in [0.25, 0.3) is 11.1 Å². The predicted molar refractivity (Wildman–Crippen MR) is 133 cm³/mol. The number of sulfone groups is 1. The summed E-state index contributed by atoms with van der Waals surface area (Å²) in [5.74, 6) is 0.216. The minimum atomic E-state index is -3.67. The number of carbonyl (C=O) groups excluding carboxylic acids is 1. The molecule has 1 heterocycles. The molecule has 0 bridgehead atoms. The molecule has 182 valence electrons. The van der Waals surface area contributed by atoms with Crippen molar-refractivity contribution in [3.8, 4) is 17.6 Å². The molecule has 0 spiro atoms. The van der Waals surface area contributed by atoms with Crippen LogP contribution in [0, 0.1) is 18.3 Å². The van der Waals surface area contributed by atoms with Crippen molar-refractivity contribution in [3.05, 3.63) is 64.7 Å². The molecule has 0 aliphatic rings. The van der Waals surface area contributed by atoms with E-state index in [2.05, 4.69) is 14.7 Å². The van der Waals surface area contributed by atoms with Crippen molar-refractivity contribution in [1.29, 1.82) is 5.26 Å². The number of amides is 1. The molecule has 0 atom stereocenters. The van der Waals surface area contributed by atoms with E-state index in [4.69, 9.17) is 9.47 Å². The summed E-state index contributed by atoms with van der Waals surface area (Å²) in [6, 6.07) is 14.8. The molecule has 3 rings (SSSR count). The third-order valence-corrected chi connectivity index (χ3v) is 7.56. The standard InChI is InChI=1S/C24H24N4O5S2/c1-15(2)35(30,31)24-27-23(34-28-24)26-22(29)19(13-25)11-18-9-10-20(21(12-18)32-4)33-14-17-7-5-16(3)6-8-17/h5-12,15H,14H2,1-4H3,(H,26,27,28,29)/b19-11-. The van der Waals surface area contributed by atoms with Gasteiger partial charge in [0.1, 0.15) is 18.2 Å². The molecular weight excluding hydrogens is 488 g/mol. The monoisotopic (exact) mass is 512 g/mol. The number of hydrogen-bond acceptors (Lipinski definition) is 9. The largest absolute Gasteiger partial charge is 0.493 e. The zero-order valence-electron chi connectivity index (χ0n) is 19.6. The van der Waals surface area contributed by atoms with Crippen LogP contribution in [-0.4, -0.2) is 36.0 Å². The molecule has 9 nitrogen and oxygen atoms in total. The number of nitriles is 1. The number of hydrogen-bond donors (Lipinski definition) is 1. The second-order valence-electron chi connectivity index (χ2n) is 7.78. The fraction of sp³-hybridized carbons (Fsp3) is 0.250. The Morgan fingerprint density at radius 2 is 1.91 bits per heavy atom. The molecule has 0 aliphatic carbocycles. The van der Waals surface area contributed by atoms with Gasteiger partial charge < -0.3 is 9.47 Å². The lowest BCUT2D eigenvalue weighted by molar-refractivity contribution is -0.112. The summed E-state index contributed by atoms with van der Waals surface area (Å²) in [6.07, 6.45) is 1.38. The smallest absolute Gasteiger partial charge is 0.268 e. The van der Waals surface area contributed by atoms with Crippen molar-refractivity contribution >= 4 is 38.5 Å². The molecule has 0 saturated heterocycles. The van der Waals surface area contributed by atoms with Crippen LogP contribution < -0.4 is 14.8 Å². The van der Waals surface area contributed by atoms with Gasteiger partial charge in [-0.25, -0.2) is 8.42 Å². The van der Waals surface area contributed by atoms with Gasteiger partial charge in [0, 0.05) is 11.5 Å². The van der Waals surface area contributed by atoms with E-state index in [0.29, 0.717) is 23.7 Å². The average Bonchev–Trinajstić information content (AvgIpc) is 3.31. The molecule has 0 fully saturated rings. The number of nitrogens with zero attached hydrogens (tertiary/aromatic N) is 3. The highest BCUT2D eigenvalue weighted by molar-refractivity contribution is 7.91. The summed E-state index contributed by atoms with van der Waals surface area (Å²) in [5.41, 5.74) is 2.50. The Morgan fingerprint density at radius 3 is 2.54 bits per heavy atom. The molecule has 1 aromatic heterocycles. The topological polar surface area (TPSA) is 131 Å². The molecule has 1 N–H and O–H groups in total. The Bertz CT molecular complexity index is 1390. The number of ether oxygens (including phenoxy) is 2. The van der Waals surface area contributed by atoms with Crippen molar-refractivity contribution in [3.63, 3.8) is 0 Å². The summed E-state index contributed by atoms with van der Waals surface area (Å²) in [7, 11) is -2.17. The molecule has 0 unspecified atom stereocenters. The Hall–Kier alpha value is -3.75. The van der Waals surface area contributed by atoms with E-state index >= 15 is 0 Å². The molecule has 0 aliphatic heterocycles. The zero-order valence-corrected chi connectivity index (χ0v) is 21.2. The quantitative estimate of drug-likeness (QED) is 0.334. The van der Waals surface area contributed by atoms with E-state index in [1.807, 2.05) is 37.3 Å². The molecule has 2 aromatic carbocycles. The Morgan fingerprint density at radius 1 is 1.20 bits per heavy atom. The van der Waals surface area contributed by atoms with Gasteiger partial charge in [0.05, 0.1) is 12.4 Å². The lowest BCUT2D eigenvalue weighted by Gasteiger charge is -2.12. The number of benzene rings is 2. The Labute approximate surface area is 208 Å². The van der Waals surface area contributed by atoms with Gasteiger partial charge in [-0.15, -0.1) is 0 Å². The van der Waals surface area contributed by atoms with Gasteiger partial charge in [0.2, 0.25) is 15.0 Å². The molecule has 1 amide bonds. The highest BCUT2D eigenvalue weighted by Gasteiger charge is 2.25. The first-order valence-electron chi connectivity index (χ1n) is 10.5. The second kappa shape index (κ2) is 11.1. The van der Waals surface area contributed by atoms with Gasteiger partial charge in [-0.05, 0) is 50.1 Å². The second-order valence-corrected chi connectivity index (χ2v) is 10.9. The summed E-state index contributed by atoms with van der Waals surface area (Å²) < 4.78 is 39.4. The summed E-state index contributed by atoms with van der Waals surface area (Å²) in [5, 5.41) is 10.8. The third kappa shape index (κ3) is 6.44. The average molecular weight is 513 g/mol. The van der Waals surface area contributed by atoms with Gasteiger partial charge in [-0.2, -0.15) is 14.6 Å². The van der Waals surface area contributed by atoms with E-state index in [0.717, 1.165) is 22.7 Å². The first-order chi connectivity index (χ1) is 16.6. The van der Waals surface area contributed by atoms with Crippen molar-refractivity contribution in [2.45, 2.75) is 37.8 Å². The van der Waals surface area contributed by atoms with Gasteiger partial charge >= 0.3 is 0 Å². The molecule has 0 radical (unpaired) electrons. The SMILES string of the molecule is COc1cc(/C=C(/C#N)C(=O)Nc2nc(S(=O)(=O)C(C)C)ns2)ccc1OCc1ccc(C)cc1. The number of nitrogens with one attached hydrogen (secondary N) is 1. The summed E-state index contributed by atoms with van der Waals surface area (Å²) in [4.78, 5) is 16.4. The zero-order chi connectivity index (χ0) is 25.6. The lowest BCUT2D eigenvalue weighted by atomic mass is 10.1. The maximum absolute atomic E-state index is 12.6. The summed E-state index contributed by atoms with van der Waals surface area (Å²) in [6.45, 7) is 5.39. The van der Waals surface area contributed by atoms with Crippen molar-refractivity contribution in [1.82, 2.24) is 9.36 Å². The predicted octanol–water partition coefficient (Wildman–Crippen LogP) is 4.16. The molecule has 35 heavy (non-hydrogen) atoms. The third-order valence-electron chi connectivity index (χ3n) is 4.88. The molecular formula is C24H24N4O5S2. The van der Waals surface area contributed by atoms with Crippen LogP contribution in [0.4, 0.5) is 5.13 Å². The van der Waals surface area contributed by atoms with Gasteiger partial charge in [-0.1, -0.05) is 35.9 Å². The number of methoxy groups -OCH3 is 1. The van der Waals surface area contributed by atoms with E-state index in [1.54, 1.807) is 18.2 Å². The maximum Gasteiger partial charge on any atom is 0.268 e. The van der Waals surface area contributed by atoms with Crippen LogP contribution in [0.1, 0.15) is 30.5 Å². The Balaban J connectivity index is 1.74. The molecule has 0 saturated carbocycles. The van der Waals surface area contributed by atoms with Crippen molar-refractivity contribution < 1.29 is 22.7 Å². The summed E-state index contributed by atoms with van der Waals surface area (Å²) >= 11 is 0.723. The number of aryl methyl sites for hydroxylation is 1. The van der Waals surface area contributed by atoms with Crippen LogP contribution >= 0.6 is 11.5 Å². The minimum absolute atomic E-state index is 0.0205. The normalized spacial score (nSPS) is 11.7. The Kier molecular flexibility index (Phi) is 8.22. The number of carbonyl (C=O) groups is 1. The van der Waals surface area contributed by atoms with Crippen LogP contribution in [0.25, 0.3) is 6.08 Å². The highest BCUT2D eigenvalue weighted by atomic mass is 32.2. The minimum Gasteiger partial charge on any atom is -0.493 e. The first-order valence-corrected chi connectivity index (χ1v) is 12.8. The molecule has 3 aromatic rings. The molecule has 11 heteroatoms. The van der Waals surface area contributed by atoms with E-state index < -0.39 is 21.0 Å². The van der Waals surface area contributed by atoms with E-state index in [1.165, 1.54) is 27.0 Å². The van der Waals surface area contributed by atoms with E-state index in [9.17, 15) is 18.5 Å². The van der Waals surface area contributed by atoms with Gasteiger partial charge in [-0.3, -0.25) is 10.1 Å². The van der Waals surface area contributed by atoms with Crippen LogP contribution in [0.3, 0.4) is 0 Å². The highest BCUT2D eigenvalue weighted by Crippen LogP contribution is 2.30. The number of aromatic nitrogens is 2. The lowest BCUT2D eigenvalue weighted by Crippen LogP contribution is -2.16. The number of anilines is 1. The number of rotatable bonds is 9. The van der Waals surface area contributed by atoms with Crippen molar-refractivity contribution in [2.24, 2.45) is 0 Å².